The molecule has 0 aliphatic rings. The van der Waals surface area contributed by atoms with Gasteiger partial charge in [-0.05, 0) is 40.0 Å². The van der Waals surface area contributed by atoms with Crippen LogP contribution in [-0.4, -0.2) is 41.6 Å². The van der Waals surface area contributed by atoms with Gasteiger partial charge in [-0.15, -0.1) is 0 Å². The van der Waals surface area contributed by atoms with E-state index in [1.54, 1.807) is 6.92 Å². The van der Waals surface area contributed by atoms with Crippen molar-refractivity contribution in [3.63, 3.8) is 0 Å². The zero-order valence-electron chi connectivity index (χ0n) is 12.7. The normalized spacial score (nSPS) is 14.3. The molecule has 4 nitrogen and oxygen atoms in total. The lowest BCUT2D eigenvalue weighted by Gasteiger charge is -2.25. The second-order valence-electron chi connectivity index (χ2n) is 5.45. The smallest absolute Gasteiger partial charge is 0.234 e. The maximum absolute atomic E-state index is 13.7. The molecule has 118 valence electrons. The molecular weight excluding hydrogens is 295 g/mol. The van der Waals surface area contributed by atoms with Crippen molar-refractivity contribution in [2.45, 2.75) is 39.0 Å². The number of likely N-dealkylation sites (N-methyl/N-ethyl adjacent to an activating group) is 1. The van der Waals surface area contributed by atoms with E-state index in [1.165, 1.54) is 18.2 Å². The van der Waals surface area contributed by atoms with E-state index >= 15 is 0 Å². The van der Waals surface area contributed by atoms with E-state index in [4.69, 9.17) is 11.6 Å². The number of hydrogen-bond donors (Lipinski definition) is 2. The van der Waals surface area contributed by atoms with Gasteiger partial charge in [0.15, 0.2) is 0 Å². The number of hydrogen-bond acceptors (Lipinski definition) is 3. The minimum atomic E-state index is -1.20. The van der Waals surface area contributed by atoms with Crippen LogP contribution in [-0.2, 0) is 4.79 Å². The van der Waals surface area contributed by atoms with Crippen LogP contribution in [0.2, 0.25) is 5.02 Å². The van der Waals surface area contributed by atoms with Gasteiger partial charge < -0.3 is 10.4 Å². The first-order chi connectivity index (χ1) is 9.73. The van der Waals surface area contributed by atoms with Gasteiger partial charge in [0.2, 0.25) is 5.91 Å². The molecule has 6 heteroatoms. The number of nitrogens with one attached hydrogen (secondary N) is 1. The van der Waals surface area contributed by atoms with Gasteiger partial charge in [-0.25, -0.2) is 4.39 Å². The van der Waals surface area contributed by atoms with Gasteiger partial charge >= 0.3 is 0 Å². The predicted molar refractivity (Wildman–Crippen MR) is 81.7 cm³/mol. The van der Waals surface area contributed by atoms with E-state index in [1.807, 2.05) is 25.8 Å². The summed E-state index contributed by atoms with van der Waals surface area (Å²) in [6.45, 7) is 5.77. The largest absolute Gasteiger partial charge is 0.386 e. The Hall–Kier alpha value is -1.17. The number of carbonyl (C=O) groups is 1. The summed E-state index contributed by atoms with van der Waals surface area (Å²) in [5.74, 6) is -0.819. The van der Waals surface area contributed by atoms with Crippen molar-refractivity contribution >= 4 is 17.5 Å². The number of rotatable bonds is 6. The summed E-state index contributed by atoms with van der Waals surface area (Å²) in [5.41, 5.74) is 0.00387. The van der Waals surface area contributed by atoms with Crippen LogP contribution in [0, 0.1) is 5.82 Å². The van der Waals surface area contributed by atoms with Crippen LogP contribution in [0.4, 0.5) is 4.39 Å². The second-order valence-corrected chi connectivity index (χ2v) is 5.85. The fourth-order valence-electron chi connectivity index (χ4n) is 1.83. The molecule has 1 rings (SSSR count). The molecule has 0 fully saturated rings. The van der Waals surface area contributed by atoms with Crippen LogP contribution in [0.15, 0.2) is 18.2 Å². The number of benzene rings is 1. The van der Waals surface area contributed by atoms with E-state index in [9.17, 15) is 14.3 Å². The van der Waals surface area contributed by atoms with Gasteiger partial charge in [-0.3, -0.25) is 9.69 Å². The predicted octanol–water partition coefficient (Wildman–Crippen LogP) is 2.36. The maximum Gasteiger partial charge on any atom is 0.234 e. The van der Waals surface area contributed by atoms with Crippen LogP contribution in [0.1, 0.15) is 32.4 Å². The summed E-state index contributed by atoms with van der Waals surface area (Å²) in [5, 5.41) is 13.0. The molecule has 2 N–H and O–H groups in total. The first kappa shape index (κ1) is 17.9. The molecule has 0 radical (unpaired) electrons. The Kier molecular flexibility index (Phi) is 6.58. The zero-order valence-corrected chi connectivity index (χ0v) is 13.5. The third-order valence-corrected chi connectivity index (χ3v) is 3.76. The van der Waals surface area contributed by atoms with Crippen LogP contribution in [0.3, 0.4) is 0 Å². The molecule has 2 unspecified atom stereocenters. The summed E-state index contributed by atoms with van der Waals surface area (Å²) < 4.78 is 13.7. The Labute approximate surface area is 129 Å². The lowest BCUT2D eigenvalue weighted by Crippen LogP contribution is -2.44. The van der Waals surface area contributed by atoms with Gasteiger partial charge in [0, 0.05) is 16.6 Å². The quantitative estimate of drug-likeness (QED) is 0.847. The zero-order chi connectivity index (χ0) is 16.2. The highest BCUT2D eigenvalue weighted by Gasteiger charge is 2.24. The van der Waals surface area contributed by atoms with Crippen LogP contribution in [0.25, 0.3) is 0 Å². The second kappa shape index (κ2) is 7.73. The number of amides is 1. The Morgan fingerprint density at radius 1 is 1.43 bits per heavy atom. The third kappa shape index (κ3) is 4.95. The molecule has 0 saturated heterocycles. The SMILES string of the molecule is CC(NC(=O)CN(C)C(C)C)C(O)c1c(F)cccc1Cl. The average molecular weight is 317 g/mol. The monoisotopic (exact) mass is 316 g/mol. The molecule has 0 aliphatic heterocycles. The molecule has 0 heterocycles. The summed E-state index contributed by atoms with van der Waals surface area (Å²) in [7, 11) is 1.83. The van der Waals surface area contributed by atoms with E-state index in [0.717, 1.165) is 0 Å². The molecule has 2 atom stereocenters. The third-order valence-electron chi connectivity index (χ3n) is 3.43. The van der Waals surface area contributed by atoms with Gasteiger partial charge in [0.1, 0.15) is 11.9 Å². The average Bonchev–Trinajstić information content (AvgIpc) is 2.37. The van der Waals surface area contributed by atoms with Crippen molar-refractivity contribution in [2.75, 3.05) is 13.6 Å². The minimum Gasteiger partial charge on any atom is -0.386 e. The topological polar surface area (TPSA) is 52.6 Å². The van der Waals surface area contributed by atoms with E-state index in [-0.39, 0.29) is 29.1 Å². The highest BCUT2D eigenvalue weighted by molar-refractivity contribution is 6.31. The summed E-state index contributed by atoms with van der Waals surface area (Å²) >= 11 is 5.91. The number of nitrogens with zero attached hydrogens (tertiary/aromatic N) is 1. The number of carbonyl (C=O) groups excluding carboxylic acids is 1. The Balaban J connectivity index is 2.71. The van der Waals surface area contributed by atoms with E-state index in [0.29, 0.717) is 0 Å². The summed E-state index contributed by atoms with van der Waals surface area (Å²) in [4.78, 5) is 13.7. The number of halogens is 2. The molecule has 0 spiro atoms. The Bertz CT molecular complexity index is 476. The van der Waals surface area contributed by atoms with E-state index in [2.05, 4.69) is 5.32 Å². The van der Waals surface area contributed by atoms with Crippen molar-refractivity contribution in [3.05, 3.63) is 34.6 Å². The Morgan fingerprint density at radius 3 is 2.57 bits per heavy atom. The fraction of sp³-hybridized carbons (Fsp3) is 0.533. The highest BCUT2D eigenvalue weighted by atomic mass is 35.5. The molecule has 21 heavy (non-hydrogen) atoms. The molecule has 1 aromatic rings. The molecule has 0 aromatic heterocycles. The van der Waals surface area contributed by atoms with Gasteiger partial charge in [-0.1, -0.05) is 17.7 Å². The maximum atomic E-state index is 13.7. The molecule has 0 aliphatic carbocycles. The van der Waals surface area contributed by atoms with Crippen LogP contribution in [0.5, 0.6) is 0 Å². The van der Waals surface area contributed by atoms with Gasteiger partial charge in [0.05, 0.1) is 12.6 Å². The fourth-order valence-corrected chi connectivity index (χ4v) is 2.11. The molecule has 0 saturated carbocycles. The highest BCUT2D eigenvalue weighted by Crippen LogP contribution is 2.27. The van der Waals surface area contributed by atoms with Crippen molar-refractivity contribution < 1.29 is 14.3 Å². The molecular formula is C15H22ClFN2O2. The summed E-state index contributed by atoms with van der Waals surface area (Å²) in [6, 6.07) is 3.79. The minimum absolute atomic E-state index is 0.00387. The lowest BCUT2D eigenvalue weighted by atomic mass is 10.0. The van der Waals surface area contributed by atoms with E-state index < -0.39 is 18.0 Å². The first-order valence-corrected chi connectivity index (χ1v) is 7.23. The van der Waals surface area contributed by atoms with Crippen LogP contribution < -0.4 is 5.32 Å². The lowest BCUT2D eigenvalue weighted by molar-refractivity contribution is -0.123. The number of aliphatic hydroxyl groups is 1. The van der Waals surface area contributed by atoms with Gasteiger partial charge in [0.25, 0.3) is 0 Å². The van der Waals surface area contributed by atoms with Crippen molar-refractivity contribution in [2.24, 2.45) is 0 Å². The molecule has 1 amide bonds. The van der Waals surface area contributed by atoms with Gasteiger partial charge in [-0.2, -0.15) is 0 Å². The Morgan fingerprint density at radius 2 is 2.05 bits per heavy atom. The summed E-state index contributed by atoms with van der Waals surface area (Å²) in [6.07, 6.45) is -1.20. The van der Waals surface area contributed by atoms with Crippen LogP contribution >= 0.6 is 11.6 Å². The van der Waals surface area contributed by atoms with Crippen molar-refractivity contribution in [1.29, 1.82) is 0 Å². The van der Waals surface area contributed by atoms with Crippen molar-refractivity contribution in [1.82, 2.24) is 10.2 Å². The number of aliphatic hydroxyl groups excluding tert-OH is 1. The molecule has 0 bridgehead atoms. The molecule has 1 aromatic carbocycles. The van der Waals surface area contributed by atoms with Crippen molar-refractivity contribution in [3.8, 4) is 0 Å². The first-order valence-electron chi connectivity index (χ1n) is 6.85. The standard InChI is InChI=1S/C15H22ClFN2O2/c1-9(2)19(4)8-13(20)18-10(3)15(21)14-11(16)6-5-7-12(14)17/h5-7,9-10,15,21H,8H2,1-4H3,(H,18,20).